The summed E-state index contributed by atoms with van der Waals surface area (Å²) in [5.41, 5.74) is 3.76. The van der Waals surface area contributed by atoms with Crippen LogP contribution < -0.4 is 16.6 Å². The van der Waals surface area contributed by atoms with E-state index in [2.05, 4.69) is 20.7 Å². The molecule has 0 aliphatic rings. The van der Waals surface area contributed by atoms with Crippen molar-refractivity contribution >= 4 is 28.9 Å². The van der Waals surface area contributed by atoms with Crippen molar-refractivity contribution in [2.45, 2.75) is 6.92 Å². The highest BCUT2D eigenvalue weighted by atomic mass is 35.5. The van der Waals surface area contributed by atoms with Crippen LogP contribution >= 0.6 is 11.6 Å². The van der Waals surface area contributed by atoms with Crippen molar-refractivity contribution in [3.05, 3.63) is 40.9 Å². The van der Waals surface area contributed by atoms with Gasteiger partial charge in [-0.1, -0.05) is 11.6 Å². The Morgan fingerprint density at radius 1 is 1.28 bits per heavy atom. The summed E-state index contributed by atoms with van der Waals surface area (Å²) in [6.07, 6.45) is 1.36. The second-order valence-electron chi connectivity index (χ2n) is 3.59. The molecule has 4 N–H and O–H groups in total. The zero-order chi connectivity index (χ0) is 13.1. The van der Waals surface area contributed by atoms with E-state index in [0.29, 0.717) is 17.3 Å². The van der Waals surface area contributed by atoms with Gasteiger partial charge in [0.15, 0.2) is 0 Å². The van der Waals surface area contributed by atoms with Gasteiger partial charge in [-0.3, -0.25) is 0 Å². The first kappa shape index (κ1) is 12.5. The molecule has 1 aromatic carbocycles. The van der Waals surface area contributed by atoms with Crippen LogP contribution in [-0.2, 0) is 0 Å². The Bertz CT molecular complexity index is 575. The van der Waals surface area contributed by atoms with Crippen molar-refractivity contribution in [2.75, 3.05) is 10.7 Å². The number of anilines is 3. The number of hydrogen-bond acceptors (Lipinski definition) is 5. The van der Waals surface area contributed by atoms with Crippen molar-refractivity contribution in [1.82, 2.24) is 9.97 Å². The highest BCUT2D eigenvalue weighted by Crippen LogP contribution is 2.27. The van der Waals surface area contributed by atoms with Gasteiger partial charge in [-0.25, -0.2) is 20.2 Å². The average molecular weight is 268 g/mol. The number of nitrogens with two attached hydrogens (primary N) is 1. The number of nitrogens with zero attached hydrogens (tertiary/aromatic N) is 2. The Hall–Kier alpha value is -1.92. The molecule has 94 valence electrons. The maximum atomic E-state index is 12.9. The van der Waals surface area contributed by atoms with Gasteiger partial charge in [-0.15, -0.1) is 0 Å². The molecule has 0 spiro atoms. The number of hydrazine groups is 1. The zero-order valence-electron chi connectivity index (χ0n) is 9.54. The van der Waals surface area contributed by atoms with E-state index in [1.165, 1.54) is 24.5 Å². The molecule has 1 aromatic heterocycles. The van der Waals surface area contributed by atoms with E-state index >= 15 is 0 Å². The van der Waals surface area contributed by atoms with Gasteiger partial charge >= 0.3 is 0 Å². The van der Waals surface area contributed by atoms with Gasteiger partial charge in [-0.05, 0) is 25.1 Å². The van der Waals surface area contributed by atoms with E-state index in [-0.39, 0.29) is 5.02 Å². The second-order valence-corrected chi connectivity index (χ2v) is 4.00. The predicted molar refractivity (Wildman–Crippen MR) is 69.3 cm³/mol. The van der Waals surface area contributed by atoms with Gasteiger partial charge in [0.25, 0.3) is 0 Å². The molecule has 0 fully saturated rings. The smallest absolute Gasteiger partial charge is 0.148 e. The summed E-state index contributed by atoms with van der Waals surface area (Å²) in [5, 5.41) is 3.27. The third-order valence-electron chi connectivity index (χ3n) is 2.41. The van der Waals surface area contributed by atoms with Crippen LogP contribution in [0.15, 0.2) is 24.5 Å². The fourth-order valence-electron chi connectivity index (χ4n) is 1.44. The molecule has 0 aliphatic heterocycles. The van der Waals surface area contributed by atoms with E-state index in [0.717, 1.165) is 5.56 Å². The number of nitrogens with one attached hydrogen (secondary N) is 2. The highest BCUT2D eigenvalue weighted by molar-refractivity contribution is 6.33. The summed E-state index contributed by atoms with van der Waals surface area (Å²) in [7, 11) is 0. The molecule has 0 radical (unpaired) electrons. The first-order chi connectivity index (χ1) is 8.61. The SMILES string of the molecule is Cc1c(NN)ncnc1Nc1ccc(F)cc1Cl. The summed E-state index contributed by atoms with van der Waals surface area (Å²) >= 11 is 5.92. The van der Waals surface area contributed by atoms with Crippen LogP contribution in [0.25, 0.3) is 0 Å². The van der Waals surface area contributed by atoms with Crippen LogP contribution in [0.1, 0.15) is 5.56 Å². The molecule has 1 heterocycles. The Morgan fingerprint density at radius 2 is 2.00 bits per heavy atom. The molecule has 5 nitrogen and oxygen atoms in total. The van der Waals surface area contributed by atoms with Gasteiger partial charge in [-0.2, -0.15) is 0 Å². The summed E-state index contributed by atoms with van der Waals surface area (Å²) < 4.78 is 12.9. The van der Waals surface area contributed by atoms with E-state index in [1.54, 1.807) is 6.92 Å². The fourth-order valence-corrected chi connectivity index (χ4v) is 1.65. The first-order valence-electron chi connectivity index (χ1n) is 5.12. The van der Waals surface area contributed by atoms with Crippen molar-refractivity contribution in [3.63, 3.8) is 0 Å². The normalized spacial score (nSPS) is 10.2. The number of aromatic nitrogens is 2. The van der Waals surface area contributed by atoms with Gasteiger partial charge < -0.3 is 10.7 Å². The van der Waals surface area contributed by atoms with Crippen molar-refractivity contribution in [3.8, 4) is 0 Å². The Balaban J connectivity index is 2.34. The summed E-state index contributed by atoms with van der Waals surface area (Å²) in [4.78, 5) is 8.03. The van der Waals surface area contributed by atoms with Crippen LogP contribution in [0.3, 0.4) is 0 Å². The third kappa shape index (κ3) is 2.49. The number of rotatable bonds is 3. The Morgan fingerprint density at radius 3 is 2.67 bits per heavy atom. The molecule has 0 unspecified atom stereocenters. The van der Waals surface area contributed by atoms with Crippen LogP contribution in [0.4, 0.5) is 21.7 Å². The number of halogens is 2. The minimum Gasteiger partial charge on any atom is -0.339 e. The van der Waals surface area contributed by atoms with E-state index < -0.39 is 5.82 Å². The van der Waals surface area contributed by atoms with Crippen molar-refractivity contribution in [2.24, 2.45) is 5.84 Å². The van der Waals surface area contributed by atoms with Crippen LogP contribution in [0.2, 0.25) is 5.02 Å². The lowest BCUT2D eigenvalue weighted by Gasteiger charge is -2.11. The monoisotopic (exact) mass is 267 g/mol. The molecule has 0 bridgehead atoms. The molecular weight excluding hydrogens is 257 g/mol. The lowest BCUT2D eigenvalue weighted by molar-refractivity contribution is 0.628. The molecule has 2 aromatic rings. The maximum absolute atomic E-state index is 12.9. The molecule has 0 saturated carbocycles. The highest BCUT2D eigenvalue weighted by Gasteiger charge is 2.08. The van der Waals surface area contributed by atoms with Crippen molar-refractivity contribution < 1.29 is 4.39 Å². The summed E-state index contributed by atoms with van der Waals surface area (Å²) in [5.74, 6) is 5.98. The average Bonchev–Trinajstić information content (AvgIpc) is 2.35. The lowest BCUT2D eigenvalue weighted by atomic mass is 10.2. The Kier molecular flexibility index (Phi) is 3.59. The van der Waals surface area contributed by atoms with Crippen molar-refractivity contribution in [1.29, 1.82) is 0 Å². The second kappa shape index (κ2) is 5.16. The van der Waals surface area contributed by atoms with Gasteiger partial charge in [0.2, 0.25) is 0 Å². The molecule has 7 heteroatoms. The summed E-state index contributed by atoms with van der Waals surface area (Å²) in [6.45, 7) is 1.80. The van der Waals surface area contributed by atoms with Gasteiger partial charge in [0.1, 0.15) is 23.8 Å². The van der Waals surface area contributed by atoms with E-state index in [1.807, 2.05) is 0 Å². The molecule has 0 aliphatic carbocycles. The lowest BCUT2D eigenvalue weighted by Crippen LogP contribution is -2.11. The molecule has 2 rings (SSSR count). The molecule has 0 amide bonds. The topological polar surface area (TPSA) is 75.9 Å². The molecule has 0 atom stereocenters. The van der Waals surface area contributed by atoms with E-state index in [9.17, 15) is 4.39 Å². The largest absolute Gasteiger partial charge is 0.339 e. The van der Waals surface area contributed by atoms with Gasteiger partial charge in [0.05, 0.1) is 10.7 Å². The minimum absolute atomic E-state index is 0.273. The van der Waals surface area contributed by atoms with Crippen LogP contribution in [0, 0.1) is 12.7 Å². The molecular formula is C11H11ClFN5. The van der Waals surface area contributed by atoms with E-state index in [4.69, 9.17) is 17.4 Å². The molecule has 0 saturated heterocycles. The summed E-state index contributed by atoms with van der Waals surface area (Å²) in [6, 6.07) is 4.07. The Labute approximate surface area is 108 Å². The predicted octanol–water partition coefficient (Wildman–Crippen LogP) is 2.61. The fraction of sp³-hybridized carbons (Fsp3) is 0.0909. The zero-order valence-corrected chi connectivity index (χ0v) is 10.3. The van der Waals surface area contributed by atoms with Crippen LogP contribution in [-0.4, -0.2) is 9.97 Å². The maximum Gasteiger partial charge on any atom is 0.148 e. The number of hydrogen-bond donors (Lipinski definition) is 3. The first-order valence-corrected chi connectivity index (χ1v) is 5.50. The van der Waals surface area contributed by atoms with Crippen LogP contribution in [0.5, 0.6) is 0 Å². The number of benzene rings is 1. The third-order valence-corrected chi connectivity index (χ3v) is 2.72. The number of nitrogen functional groups attached to an aromatic ring is 1. The minimum atomic E-state index is -0.394. The molecule has 18 heavy (non-hydrogen) atoms. The quantitative estimate of drug-likeness (QED) is 0.589. The standard InChI is InChI=1S/C11H11ClFN5/c1-6-10(15-5-16-11(6)18-14)17-9-3-2-7(13)4-8(9)12/h2-5H,14H2,1H3,(H2,15,16,17,18). The van der Waals surface area contributed by atoms with Gasteiger partial charge in [0, 0.05) is 5.56 Å².